The Morgan fingerprint density at radius 2 is 1.94 bits per heavy atom. The van der Waals surface area contributed by atoms with Crippen LogP contribution in [0.3, 0.4) is 0 Å². The Hall–Kier alpha value is -1.56. The normalized spacial score (nSPS) is 12.4. The number of methoxy groups -OCH3 is 1. The van der Waals surface area contributed by atoms with Crippen LogP contribution in [0.1, 0.15) is 27.2 Å². The fourth-order valence-electron chi connectivity index (χ4n) is 1.77. The van der Waals surface area contributed by atoms with E-state index in [0.29, 0.717) is 29.3 Å². The zero-order chi connectivity index (χ0) is 12.8. The van der Waals surface area contributed by atoms with E-state index >= 15 is 0 Å². The Kier molecular flexibility index (Phi) is 4.96. The van der Waals surface area contributed by atoms with Gasteiger partial charge in [-0.25, -0.2) is 15.8 Å². The van der Waals surface area contributed by atoms with Gasteiger partial charge in [-0.15, -0.1) is 0 Å². The summed E-state index contributed by atoms with van der Waals surface area (Å²) in [6.07, 6.45) is 2.50. The molecule has 0 aliphatic heterocycles. The molecule has 1 heterocycles. The fraction of sp³-hybridized carbons (Fsp3) is 0.636. The topological polar surface area (TPSA) is 85.1 Å². The molecule has 96 valence electrons. The molecule has 6 heteroatoms. The van der Waals surface area contributed by atoms with Gasteiger partial charge in [0.15, 0.2) is 11.6 Å². The number of anilines is 2. The highest BCUT2D eigenvalue weighted by Crippen LogP contribution is 2.28. The minimum absolute atomic E-state index is 0.310. The van der Waals surface area contributed by atoms with Crippen molar-refractivity contribution in [3.63, 3.8) is 0 Å². The zero-order valence-electron chi connectivity index (χ0n) is 10.8. The van der Waals surface area contributed by atoms with Crippen LogP contribution in [-0.4, -0.2) is 23.1 Å². The maximum atomic E-state index is 5.36. The van der Waals surface area contributed by atoms with Crippen LogP contribution >= 0.6 is 0 Å². The van der Waals surface area contributed by atoms with Gasteiger partial charge in [0, 0.05) is 6.04 Å². The summed E-state index contributed by atoms with van der Waals surface area (Å²) in [5.41, 5.74) is 2.48. The molecule has 0 saturated heterocycles. The van der Waals surface area contributed by atoms with Crippen molar-refractivity contribution in [2.45, 2.75) is 33.2 Å². The van der Waals surface area contributed by atoms with E-state index in [-0.39, 0.29) is 0 Å². The lowest BCUT2D eigenvalue weighted by atomic mass is 10.1. The first kappa shape index (κ1) is 13.5. The third-order valence-electron chi connectivity index (χ3n) is 2.35. The number of nitrogen functional groups attached to an aromatic ring is 1. The first-order chi connectivity index (χ1) is 8.08. The summed E-state index contributed by atoms with van der Waals surface area (Å²) in [6, 6.07) is 0.310. The molecule has 0 aliphatic rings. The van der Waals surface area contributed by atoms with E-state index in [2.05, 4.69) is 41.5 Å². The van der Waals surface area contributed by atoms with Crippen LogP contribution in [0, 0.1) is 5.92 Å². The number of hydrogen-bond donors (Lipinski definition) is 3. The lowest BCUT2D eigenvalue weighted by Gasteiger charge is -2.18. The second-order valence-corrected chi connectivity index (χ2v) is 4.42. The van der Waals surface area contributed by atoms with Gasteiger partial charge in [0.1, 0.15) is 6.33 Å². The van der Waals surface area contributed by atoms with Gasteiger partial charge in [-0.1, -0.05) is 13.8 Å². The minimum atomic E-state index is 0.310. The number of nitrogens with one attached hydrogen (secondary N) is 2. The quantitative estimate of drug-likeness (QED) is 0.516. The molecule has 0 fully saturated rings. The average molecular weight is 239 g/mol. The molecule has 0 bridgehead atoms. The van der Waals surface area contributed by atoms with Crippen molar-refractivity contribution in [3.8, 4) is 5.75 Å². The van der Waals surface area contributed by atoms with Crippen molar-refractivity contribution in [3.05, 3.63) is 6.33 Å². The van der Waals surface area contributed by atoms with Gasteiger partial charge in [-0.05, 0) is 19.3 Å². The van der Waals surface area contributed by atoms with E-state index in [9.17, 15) is 0 Å². The second kappa shape index (κ2) is 6.24. The highest BCUT2D eigenvalue weighted by molar-refractivity contribution is 5.63. The molecule has 6 nitrogen and oxygen atoms in total. The largest absolute Gasteiger partial charge is 0.490 e. The predicted octanol–water partition coefficient (Wildman–Crippen LogP) is 1.62. The molecule has 0 saturated carbocycles. The van der Waals surface area contributed by atoms with Gasteiger partial charge in [-0.2, -0.15) is 0 Å². The van der Waals surface area contributed by atoms with E-state index in [1.54, 1.807) is 7.11 Å². The molecule has 0 aliphatic carbocycles. The summed E-state index contributed by atoms with van der Waals surface area (Å²) in [5.74, 6) is 7.64. The Bertz CT molecular complexity index is 356. The van der Waals surface area contributed by atoms with Crippen LogP contribution in [-0.2, 0) is 0 Å². The van der Waals surface area contributed by atoms with Crippen LogP contribution < -0.4 is 21.3 Å². The lowest BCUT2D eigenvalue weighted by Crippen LogP contribution is -2.20. The lowest BCUT2D eigenvalue weighted by molar-refractivity contribution is 0.413. The summed E-state index contributed by atoms with van der Waals surface area (Å²) >= 11 is 0. The van der Waals surface area contributed by atoms with Crippen LogP contribution in [0.15, 0.2) is 6.33 Å². The summed E-state index contributed by atoms with van der Waals surface area (Å²) in [7, 11) is 1.57. The van der Waals surface area contributed by atoms with Crippen molar-refractivity contribution < 1.29 is 4.74 Å². The van der Waals surface area contributed by atoms with Gasteiger partial charge in [0.2, 0.25) is 5.75 Å². The van der Waals surface area contributed by atoms with Gasteiger partial charge < -0.3 is 15.5 Å². The number of nitrogens with zero attached hydrogens (tertiary/aromatic N) is 2. The van der Waals surface area contributed by atoms with Crippen molar-refractivity contribution >= 4 is 11.6 Å². The monoisotopic (exact) mass is 239 g/mol. The van der Waals surface area contributed by atoms with Crippen LogP contribution in [0.2, 0.25) is 0 Å². The van der Waals surface area contributed by atoms with Gasteiger partial charge in [0.05, 0.1) is 7.11 Å². The maximum Gasteiger partial charge on any atom is 0.205 e. The van der Waals surface area contributed by atoms with E-state index in [4.69, 9.17) is 10.6 Å². The minimum Gasteiger partial charge on any atom is -0.490 e. The van der Waals surface area contributed by atoms with Crippen molar-refractivity contribution in [2.24, 2.45) is 11.8 Å². The van der Waals surface area contributed by atoms with Crippen molar-refractivity contribution in [1.82, 2.24) is 9.97 Å². The molecule has 1 aromatic rings. The predicted molar refractivity (Wildman–Crippen MR) is 68.9 cm³/mol. The number of aromatic nitrogens is 2. The highest BCUT2D eigenvalue weighted by Gasteiger charge is 2.13. The Labute approximate surface area is 102 Å². The fourth-order valence-corrected chi connectivity index (χ4v) is 1.77. The smallest absolute Gasteiger partial charge is 0.205 e. The summed E-state index contributed by atoms with van der Waals surface area (Å²) in [5, 5.41) is 3.30. The standard InChI is InChI=1S/C11H21N5O/c1-7(2)5-8(3)15-10-9(17-4)11(16-12)14-6-13-10/h6-8H,5,12H2,1-4H3,(H2,13,14,15,16). The van der Waals surface area contributed by atoms with Crippen LogP contribution in [0.5, 0.6) is 5.75 Å². The molecule has 1 unspecified atom stereocenters. The summed E-state index contributed by atoms with van der Waals surface area (Å²) in [4.78, 5) is 8.15. The number of ether oxygens (including phenoxy) is 1. The molecule has 1 atom stereocenters. The van der Waals surface area contributed by atoms with Gasteiger partial charge >= 0.3 is 0 Å². The van der Waals surface area contributed by atoms with Gasteiger partial charge in [0.25, 0.3) is 0 Å². The van der Waals surface area contributed by atoms with Crippen LogP contribution in [0.25, 0.3) is 0 Å². The molecule has 0 amide bonds. The van der Waals surface area contributed by atoms with E-state index in [0.717, 1.165) is 6.42 Å². The summed E-state index contributed by atoms with van der Waals surface area (Å²) in [6.45, 7) is 6.47. The Morgan fingerprint density at radius 3 is 2.47 bits per heavy atom. The number of nitrogens with two attached hydrogens (primary N) is 1. The molecule has 4 N–H and O–H groups in total. The van der Waals surface area contributed by atoms with Crippen molar-refractivity contribution in [1.29, 1.82) is 0 Å². The van der Waals surface area contributed by atoms with Crippen LogP contribution in [0.4, 0.5) is 11.6 Å². The highest BCUT2D eigenvalue weighted by atomic mass is 16.5. The second-order valence-electron chi connectivity index (χ2n) is 4.42. The molecular formula is C11H21N5O. The van der Waals surface area contributed by atoms with E-state index in [1.807, 2.05) is 0 Å². The molecular weight excluding hydrogens is 218 g/mol. The molecule has 0 radical (unpaired) electrons. The summed E-state index contributed by atoms with van der Waals surface area (Å²) < 4.78 is 5.24. The van der Waals surface area contributed by atoms with E-state index in [1.165, 1.54) is 6.33 Å². The zero-order valence-corrected chi connectivity index (χ0v) is 10.8. The van der Waals surface area contributed by atoms with Crippen molar-refractivity contribution in [2.75, 3.05) is 17.9 Å². The number of hydrogen-bond acceptors (Lipinski definition) is 6. The third kappa shape index (κ3) is 3.74. The molecule has 1 aromatic heterocycles. The molecule has 0 spiro atoms. The molecule has 0 aromatic carbocycles. The first-order valence-corrected chi connectivity index (χ1v) is 5.70. The number of hydrazine groups is 1. The Morgan fingerprint density at radius 1 is 1.29 bits per heavy atom. The maximum absolute atomic E-state index is 5.36. The average Bonchev–Trinajstić information content (AvgIpc) is 2.27. The van der Waals surface area contributed by atoms with Gasteiger partial charge in [-0.3, -0.25) is 0 Å². The molecule has 1 rings (SSSR count). The van der Waals surface area contributed by atoms with E-state index < -0.39 is 0 Å². The third-order valence-corrected chi connectivity index (χ3v) is 2.35. The Balaban J connectivity index is 2.83. The SMILES string of the molecule is COc1c(NN)ncnc1NC(C)CC(C)C. The first-order valence-electron chi connectivity index (χ1n) is 5.70. The molecule has 17 heavy (non-hydrogen) atoms. The number of rotatable bonds is 6.